The van der Waals surface area contributed by atoms with Crippen LogP contribution in [-0.4, -0.2) is 33.2 Å². The summed E-state index contributed by atoms with van der Waals surface area (Å²) in [5.74, 6) is -1.13. The van der Waals surface area contributed by atoms with Gasteiger partial charge in [0.25, 0.3) is 0 Å². The molecule has 4 N–H and O–H groups in total. The van der Waals surface area contributed by atoms with Gasteiger partial charge in [-0.2, -0.15) is 0 Å². The van der Waals surface area contributed by atoms with E-state index >= 15 is 0 Å². The van der Waals surface area contributed by atoms with Crippen LogP contribution in [0.4, 0.5) is 0 Å². The molecule has 0 saturated carbocycles. The SMILES string of the molecule is CCC1(NC(O[P+](=O)O)O[P+](=O)O)NC(CC)(CC)C(C)(CC)O1. The third kappa shape index (κ3) is 4.55. The van der Waals surface area contributed by atoms with Crippen LogP contribution in [0.1, 0.15) is 60.3 Å². The molecule has 0 aromatic carbocycles. The topological polar surface area (TPSA) is 126 Å². The Hall–Kier alpha value is -0.0800. The van der Waals surface area contributed by atoms with Crippen LogP contribution < -0.4 is 10.6 Å². The maximum Gasteiger partial charge on any atom is 0.699 e. The molecular weight excluding hydrogens is 358 g/mol. The molecule has 11 heteroatoms. The molecule has 0 aliphatic carbocycles. The van der Waals surface area contributed by atoms with Gasteiger partial charge >= 0.3 is 22.9 Å². The Balaban J connectivity index is 3.12. The van der Waals surface area contributed by atoms with Crippen molar-refractivity contribution < 1.29 is 32.7 Å². The van der Waals surface area contributed by atoms with Crippen molar-refractivity contribution >= 4 is 16.5 Å². The van der Waals surface area contributed by atoms with E-state index in [9.17, 15) is 9.13 Å². The summed E-state index contributed by atoms with van der Waals surface area (Å²) < 4.78 is 37.5. The molecule has 1 heterocycles. The Morgan fingerprint density at radius 3 is 1.83 bits per heavy atom. The lowest BCUT2D eigenvalue weighted by atomic mass is 9.76. The lowest BCUT2D eigenvalue weighted by Crippen LogP contribution is -2.62. The van der Waals surface area contributed by atoms with Crippen molar-refractivity contribution in [3.05, 3.63) is 0 Å². The Labute approximate surface area is 144 Å². The van der Waals surface area contributed by atoms with Gasteiger partial charge in [0.2, 0.25) is 0 Å². The maximum absolute atomic E-state index is 10.9. The first-order chi connectivity index (χ1) is 11.1. The van der Waals surface area contributed by atoms with Gasteiger partial charge in [-0.15, -0.1) is 9.79 Å². The predicted molar refractivity (Wildman–Crippen MR) is 88.0 cm³/mol. The number of ether oxygens (including phenoxy) is 1. The van der Waals surface area contributed by atoms with E-state index in [4.69, 9.17) is 14.5 Å². The van der Waals surface area contributed by atoms with Crippen LogP contribution in [0, 0.1) is 0 Å². The zero-order chi connectivity index (χ0) is 18.6. The highest BCUT2D eigenvalue weighted by Crippen LogP contribution is 2.45. The van der Waals surface area contributed by atoms with Gasteiger partial charge in [0.05, 0.1) is 11.1 Å². The molecule has 1 aliphatic rings. The maximum atomic E-state index is 10.9. The summed E-state index contributed by atoms with van der Waals surface area (Å²) in [6.45, 7) is 9.99. The minimum atomic E-state index is -3.04. The molecule has 4 atom stereocenters. The molecule has 0 radical (unpaired) electrons. The average molecular weight is 386 g/mol. The van der Waals surface area contributed by atoms with Gasteiger partial charge in [-0.3, -0.25) is 5.32 Å². The lowest BCUT2D eigenvalue weighted by Gasteiger charge is -2.40. The monoisotopic (exact) mass is 386 g/mol. The molecule has 1 rings (SSSR count). The highest BCUT2D eigenvalue weighted by Gasteiger charge is 2.60. The number of rotatable bonds is 10. The van der Waals surface area contributed by atoms with E-state index in [1.807, 2.05) is 20.8 Å². The Bertz CT molecular complexity index is 461. The lowest BCUT2D eigenvalue weighted by molar-refractivity contribution is -0.171. The van der Waals surface area contributed by atoms with E-state index in [2.05, 4.69) is 33.5 Å². The summed E-state index contributed by atoms with van der Waals surface area (Å²) >= 11 is 0. The second-order valence-corrected chi connectivity index (χ2v) is 7.32. The first-order valence-corrected chi connectivity index (χ1v) is 10.3. The van der Waals surface area contributed by atoms with Crippen molar-refractivity contribution in [3.8, 4) is 0 Å². The molecule has 0 bridgehead atoms. The van der Waals surface area contributed by atoms with Crippen LogP contribution in [0.2, 0.25) is 0 Å². The quantitative estimate of drug-likeness (QED) is 0.331. The Kier molecular flexibility index (Phi) is 7.81. The van der Waals surface area contributed by atoms with Gasteiger partial charge in [0.1, 0.15) is 0 Å². The number of hydrogen-bond acceptors (Lipinski definition) is 7. The van der Waals surface area contributed by atoms with E-state index < -0.39 is 34.4 Å². The van der Waals surface area contributed by atoms with Crippen molar-refractivity contribution in [1.29, 1.82) is 0 Å². The summed E-state index contributed by atoms with van der Waals surface area (Å²) in [7, 11) is -6.07. The summed E-state index contributed by atoms with van der Waals surface area (Å²) in [4.78, 5) is 17.9. The normalized spacial score (nSPS) is 31.8. The second-order valence-electron chi connectivity index (χ2n) is 5.94. The highest BCUT2D eigenvalue weighted by molar-refractivity contribution is 7.32. The van der Waals surface area contributed by atoms with Gasteiger partial charge < -0.3 is 4.74 Å². The molecule has 24 heavy (non-hydrogen) atoms. The zero-order valence-corrected chi connectivity index (χ0v) is 16.5. The molecule has 1 saturated heterocycles. The van der Waals surface area contributed by atoms with Crippen molar-refractivity contribution in [3.63, 3.8) is 0 Å². The van der Waals surface area contributed by atoms with Crippen molar-refractivity contribution in [2.24, 2.45) is 0 Å². The largest absolute Gasteiger partial charge is 0.699 e. The van der Waals surface area contributed by atoms with E-state index in [-0.39, 0.29) is 5.54 Å². The fourth-order valence-electron chi connectivity index (χ4n) is 3.37. The minimum absolute atomic E-state index is 0.335. The smallest absolute Gasteiger partial charge is 0.339 e. The molecule has 0 amide bonds. The number of hydrogen-bond donors (Lipinski definition) is 4. The first-order valence-electron chi connectivity index (χ1n) is 8.04. The molecule has 140 valence electrons. The molecule has 9 nitrogen and oxygen atoms in total. The van der Waals surface area contributed by atoms with Crippen molar-refractivity contribution in [2.45, 2.75) is 83.7 Å². The van der Waals surface area contributed by atoms with E-state index in [0.717, 1.165) is 19.3 Å². The third-order valence-corrected chi connectivity index (χ3v) is 5.70. The number of nitrogens with one attached hydrogen (secondary N) is 2. The second kappa shape index (κ2) is 8.54. The summed E-state index contributed by atoms with van der Waals surface area (Å²) in [6.07, 6.45) is 1.18. The summed E-state index contributed by atoms with van der Waals surface area (Å²) in [5.41, 5.74) is -0.842. The molecular formula is C13H28N2O7P2+2. The molecule has 4 unspecified atom stereocenters. The van der Waals surface area contributed by atoms with Crippen LogP contribution in [0.5, 0.6) is 0 Å². The van der Waals surface area contributed by atoms with Crippen molar-refractivity contribution in [2.75, 3.05) is 0 Å². The summed E-state index contributed by atoms with van der Waals surface area (Å²) in [6, 6.07) is 0. The molecule has 0 aromatic rings. The van der Waals surface area contributed by atoms with Gasteiger partial charge in [0, 0.05) is 15.6 Å². The van der Waals surface area contributed by atoms with E-state index in [0.29, 0.717) is 6.42 Å². The highest BCUT2D eigenvalue weighted by atomic mass is 31.1. The Morgan fingerprint density at radius 2 is 1.54 bits per heavy atom. The van der Waals surface area contributed by atoms with Gasteiger partial charge in [-0.25, -0.2) is 5.32 Å². The van der Waals surface area contributed by atoms with E-state index in [1.54, 1.807) is 0 Å². The standard InChI is InChI=1S/C13H26N2O7P2/c1-6-11(5)12(7-2,8-3)15-13(9-4,22-11)14-10(20-23(16)17)21-24(18)19/h10,14-15H,6-9H2,1-5H3/p+2. The molecule has 1 fully saturated rings. The van der Waals surface area contributed by atoms with Crippen LogP contribution in [-0.2, 0) is 22.9 Å². The minimum Gasteiger partial charge on any atom is -0.339 e. The molecule has 1 aliphatic heterocycles. The van der Waals surface area contributed by atoms with Gasteiger partial charge in [0.15, 0.2) is 5.85 Å². The first kappa shape index (κ1) is 22.0. The molecule has 0 aromatic heterocycles. The molecule has 0 spiro atoms. The zero-order valence-electron chi connectivity index (χ0n) is 14.7. The third-order valence-electron chi connectivity index (χ3n) is 4.96. The Morgan fingerprint density at radius 1 is 1.04 bits per heavy atom. The average Bonchev–Trinajstić information content (AvgIpc) is 2.76. The van der Waals surface area contributed by atoms with E-state index in [1.165, 1.54) is 0 Å². The van der Waals surface area contributed by atoms with Crippen molar-refractivity contribution in [1.82, 2.24) is 10.6 Å². The summed E-state index contributed by atoms with van der Waals surface area (Å²) in [5, 5.41) is 6.23. The van der Waals surface area contributed by atoms with Crippen LogP contribution in [0.15, 0.2) is 0 Å². The van der Waals surface area contributed by atoms with Crippen LogP contribution in [0.25, 0.3) is 0 Å². The van der Waals surface area contributed by atoms with Crippen LogP contribution >= 0.6 is 16.5 Å². The predicted octanol–water partition coefficient (Wildman–Crippen LogP) is 2.60. The van der Waals surface area contributed by atoms with Gasteiger partial charge in [-0.1, -0.05) is 36.7 Å². The van der Waals surface area contributed by atoms with Crippen LogP contribution in [0.3, 0.4) is 0 Å². The van der Waals surface area contributed by atoms with Gasteiger partial charge in [-0.05, 0) is 26.2 Å². The fourth-order valence-corrected chi connectivity index (χ4v) is 3.95. The fraction of sp³-hybridized carbons (Fsp3) is 1.00.